The summed E-state index contributed by atoms with van der Waals surface area (Å²) in [5.41, 5.74) is 5.01. The summed E-state index contributed by atoms with van der Waals surface area (Å²) in [4.78, 5) is 11.9. The lowest BCUT2D eigenvalue weighted by molar-refractivity contribution is -0.129. The lowest BCUT2D eigenvalue weighted by Crippen LogP contribution is -2.60. The summed E-state index contributed by atoms with van der Waals surface area (Å²) in [5, 5.41) is 3.35. The van der Waals surface area contributed by atoms with Gasteiger partial charge in [0.15, 0.2) is 0 Å². The highest BCUT2D eigenvalue weighted by Crippen LogP contribution is 2.30. The van der Waals surface area contributed by atoms with Crippen LogP contribution in [-0.2, 0) is 14.3 Å². The Bertz CT molecular complexity index is 307. The maximum Gasteiger partial charge on any atom is 0.237 e. The molecule has 5 heteroatoms. The second-order valence-corrected chi connectivity index (χ2v) is 6.25. The van der Waals surface area contributed by atoms with Crippen molar-refractivity contribution in [1.29, 1.82) is 0 Å². The van der Waals surface area contributed by atoms with E-state index in [0.717, 1.165) is 19.3 Å². The Balaban J connectivity index is 2.48. The van der Waals surface area contributed by atoms with Gasteiger partial charge in [-0.2, -0.15) is 0 Å². The van der Waals surface area contributed by atoms with E-state index in [1.54, 1.807) is 0 Å². The van der Waals surface area contributed by atoms with Gasteiger partial charge in [0.05, 0.1) is 25.4 Å². The predicted molar refractivity (Wildman–Crippen MR) is 79.5 cm³/mol. The van der Waals surface area contributed by atoms with Crippen LogP contribution in [0.1, 0.15) is 53.4 Å². The van der Waals surface area contributed by atoms with E-state index in [9.17, 15) is 4.79 Å². The molecule has 1 aliphatic carbocycles. The van der Waals surface area contributed by atoms with Crippen molar-refractivity contribution in [3.63, 3.8) is 0 Å². The van der Waals surface area contributed by atoms with Gasteiger partial charge in [-0.15, -0.1) is 0 Å². The molecule has 2 unspecified atom stereocenters. The Kier molecular flexibility index (Phi) is 6.92. The van der Waals surface area contributed by atoms with Crippen LogP contribution in [0, 0.1) is 0 Å². The molecule has 0 aliphatic heterocycles. The standard InChI is InChI=1S/C15H30N2O3/c1-11(2)17-15(14(16)18)7-5-6-13(10-15)20-9-8-19-12(3)4/h11-13,17H,5-10H2,1-4H3,(H2,16,18). The Morgan fingerprint density at radius 3 is 2.60 bits per heavy atom. The van der Waals surface area contributed by atoms with E-state index >= 15 is 0 Å². The Labute approximate surface area is 122 Å². The summed E-state index contributed by atoms with van der Waals surface area (Å²) >= 11 is 0. The maximum atomic E-state index is 11.9. The SMILES string of the molecule is CC(C)NC1(C(N)=O)CCCC(OCCOC(C)C)C1. The highest BCUT2D eigenvalue weighted by molar-refractivity contribution is 5.84. The highest BCUT2D eigenvalue weighted by Gasteiger charge is 2.41. The maximum absolute atomic E-state index is 11.9. The van der Waals surface area contributed by atoms with Crippen LogP contribution in [0.15, 0.2) is 0 Å². The van der Waals surface area contributed by atoms with Crippen molar-refractivity contribution in [3.05, 3.63) is 0 Å². The second-order valence-electron chi connectivity index (χ2n) is 6.25. The average Bonchev–Trinajstić information content (AvgIpc) is 2.34. The first-order valence-corrected chi connectivity index (χ1v) is 7.66. The zero-order chi connectivity index (χ0) is 15.2. The molecule has 0 aromatic carbocycles. The van der Waals surface area contributed by atoms with Crippen LogP contribution < -0.4 is 11.1 Å². The van der Waals surface area contributed by atoms with Gasteiger partial charge in [-0.3, -0.25) is 4.79 Å². The first-order valence-electron chi connectivity index (χ1n) is 7.66. The molecule has 0 heterocycles. The van der Waals surface area contributed by atoms with Crippen molar-refractivity contribution < 1.29 is 14.3 Å². The quantitative estimate of drug-likeness (QED) is 0.665. The molecule has 3 N–H and O–H groups in total. The highest BCUT2D eigenvalue weighted by atomic mass is 16.5. The van der Waals surface area contributed by atoms with Crippen LogP contribution in [0.3, 0.4) is 0 Å². The Morgan fingerprint density at radius 2 is 2.05 bits per heavy atom. The van der Waals surface area contributed by atoms with Gasteiger partial charge in [0.25, 0.3) is 0 Å². The number of hydrogen-bond donors (Lipinski definition) is 2. The Morgan fingerprint density at radius 1 is 1.35 bits per heavy atom. The van der Waals surface area contributed by atoms with Crippen LogP contribution in [-0.4, -0.2) is 42.9 Å². The molecule has 20 heavy (non-hydrogen) atoms. The van der Waals surface area contributed by atoms with Crippen LogP contribution >= 0.6 is 0 Å². The van der Waals surface area contributed by atoms with Gasteiger partial charge >= 0.3 is 0 Å². The normalized spacial score (nSPS) is 27.2. The second kappa shape index (κ2) is 7.96. The minimum absolute atomic E-state index is 0.0817. The largest absolute Gasteiger partial charge is 0.376 e. The molecule has 1 saturated carbocycles. The van der Waals surface area contributed by atoms with E-state index in [-0.39, 0.29) is 24.2 Å². The minimum atomic E-state index is -0.615. The third-order valence-corrected chi connectivity index (χ3v) is 3.63. The summed E-state index contributed by atoms with van der Waals surface area (Å²) in [6, 6.07) is 0.227. The van der Waals surface area contributed by atoms with Gasteiger partial charge in [0.1, 0.15) is 5.54 Å². The van der Waals surface area contributed by atoms with Crippen molar-refractivity contribution in [2.75, 3.05) is 13.2 Å². The molecule has 118 valence electrons. The number of carbonyl (C=O) groups is 1. The van der Waals surface area contributed by atoms with E-state index in [4.69, 9.17) is 15.2 Å². The molecule has 0 radical (unpaired) electrons. The fourth-order valence-electron chi connectivity index (χ4n) is 2.84. The number of nitrogens with one attached hydrogen (secondary N) is 1. The van der Waals surface area contributed by atoms with Gasteiger partial charge in [-0.25, -0.2) is 0 Å². The monoisotopic (exact) mass is 286 g/mol. The van der Waals surface area contributed by atoms with Crippen LogP contribution in [0.2, 0.25) is 0 Å². The zero-order valence-electron chi connectivity index (χ0n) is 13.3. The van der Waals surface area contributed by atoms with Crippen LogP contribution in [0.5, 0.6) is 0 Å². The number of primary amides is 1. The van der Waals surface area contributed by atoms with Crippen molar-refractivity contribution in [1.82, 2.24) is 5.32 Å². The number of rotatable bonds is 8. The molecule has 5 nitrogen and oxygen atoms in total. The van der Waals surface area contributed by atoms with Crippen molar-refractivity contribution in [2.45, 2.75) is 77.2 Å². The summed E-state index contributed by atoms with van der Waals surface area (Å²) in [7, 11) is 0. The number of hydrogen-bond acceptors (Lipinski definition) is 4. The number of carbonyl (C=O) groups excluding carboxylic acids is 1. The molecule has 0 aromatic heterocycles. The van der Waals surface area contributed by atoms with E-state index < -0.39 is 5.54 Å². The molecule has 1 rings (SSSR count). The first kappa shape index (κ1) is 17.4. The van der Waals surface area contributed by atoms with Gasteiger partial charge in [0, 0.05) is 12.5 Å². The Hall–Kier alpha value is -0.650. The third-order valence-electron chi connectivity index (χ3n) is 3.63. The van der Waals surface area contributed by atoms with Gasteiger partial charge in [-0.1, -0.05) is 0 Å². The molecule has 1 fully saturated rings. The van der Waals surface area contributed by atoms with Crippen molar-refractivity contribution in [3.8, 4) is 0 Å². The van der Waals surface area contributed by atoms with E-state index in [1.165, 1.54) is 0 Å². The van der Waals surface area contributed by atoms with Crippen molar-refractivity contribution in [2.24, 2.45) is 5.73 Å². The molecule has 0 aromatic rings. The van der Waals surface area contributed by atoms with E-state index in [0.29, 0.717) is 19.6 Å². The molecule has 1 amide bonds. The summed E-state index contributed by atoms with van der Waals surface area (Å²) < 4.78 is 11.3. The van der Waals surface area contributed by atoms with Gasteiger partial charge in [0.2, 0.25) is 5.91 Å². The molecule has 2 atom stereocenters. The fraction of sp³-hybridized carbons (Fsp3) is 0.933. The predicted octanol–water partition coefficient (Wildman–Crippen LogP) is 1.59. The van der Waals surface area contributed by atoms with Crippen molar-refractivity contribution >= 4 is 5.91 Å². The van der Waals surface area contributed by atoms with Gasteiger partial charge in [-0.05, 0) is 47.0 Å². The molecular formula is C15H30N2O3. The first-order chi connectivity index (χ1) is 9.35. The third kappa shape index (κ3) is 5.38. The molecule has 0 saturated heterocycles. The van der Waals surface area contributed by atoms with Crippen LogP contribution in [0.4, 0.5) is 0 Å². The lowest BCUT2D eigenvalue weighted by atomic mass is 9.79. The average molecular weight is 286 g/mol. The molecular weight excluding hydrogens is 256 g/mol. The van der Waals surface area contributed by atoms with E-state index in [1.807, 2.05) is 27.7 Å². The summed E-state index contributed by atoms with van der Waals surface area (Å²) in [6.07, 6.45) is 3.69. The zero-order valence-corrected chi connectivity index (χ0v) is 13.3. The van der Waals surface area contributed by atoms with Gasteiger partial charge < -0.3 is 20.5 Å². The summed E-state index contributed by atoms with van der Waals surface area (Å²) in [5.74, 6) is -0.266. The molecule has 0 bridgehead atoms. The molecule has 0 spiro atoms. The van der Waals surface area contributed by atoms with Crippen LogP contribution in [0.25, 0.3) is 0 Å². The van der Waals surface area contributed by atoms with E-state index in [2.05, 4.69) is 5.32 Å². The fourth-order valence-corrected chi connectivity index (χ4v) is 2.84. The number of amides is 1. The number of ether oxygens (including phenoxy) is 2. The lowest BCUT2D eigenvalue weighted by Gasteiger charge is -2.40. The molecule has 1 aliphatic rings. The number of nitrogens with two attached hydrogens (primary N) is 1. The summed E-state index contributed by atoms with van der Waals surface area (Å²) in [6.45, 7) is 9.24. The smallest absolute Gasteiger partial charge is 0.237 e. The topological polar surface area (TPSA) is 73.6 Å². The minimum Gasteiger partial charge on any atom is -0.376 e.